The number of benzene rings is 3. The standard InChI is InChI=1S/C26H19N3O3/c30-25(24-18-8-2-5-11-21(18)28-22-12-6-3-9-19(22)24)29-23(26(31)32)15-17-14-13-16-7-1-4-10-20(16)27-17/h1-14,23H,15H2,(H,29,30)(H,31,32)/t23-/m1/s1. The summed E-state index contributed by atoms with van der Waals surface area (Å²) in [4.78, 5) is 34.6. The van der Waals surface area contributed by atoms with Crippen molar-refractivity contribution in [1.29, 1.82) is 0 Å². The average Bonchev–Trinajstić information content (AvgIpc) is 2.81. The van der Waals surface area contributed by atoms with E-state index in [2.05, 4.69) is 15.3 Å². The van der Waals surface area contributed by atoms with Crippen LogP contribution in [0.4, 0.5) is 0 Å². The molecule has 0 fully saturated rings. The van der Waals surface area contributed by atoms with E-state index in [9.17, 15) is 14.7 Å². The summed E-state index contributed by atoms with van der Waals surface area (Å²) in [6, 6.07) is 24.9. The van der Waals surface area contributed by atoms with E-state index in [0.29, 0.717) is 33.1 Å². The average molecular weight is 421 g/mol. The number of hydrogen-bond acceptors (Lipinski definition) is 4. The summed E-state index contributed by atoms with van der Waals surface area (Å²) in [7, 11) is 0. The van der Waals surface area contributed by atoms with Crippen LogP contribution in [0.5, 0.6) is 0 Å². The molecule has 6 nitrogen and oxygen atoms in total. The second kappa shape index (κ2) is 8.07. The number of amides is 1. The molecular formula is C26H19N3O3. The third kappa shape index (κ3) is 3.63. The zero-order valence-corrected chi connectivity index (χ0v) is 17.0. The minimum Gasteiger partial charge on any atom is -0.480 e. The van der Waals surface area contributed by atoms with Gasteiger partial charge in [-0.25, -0.2) is 9.78 Å². The fourth-order valence-electron chi connectivity index (χ4n) is 3.95. The van der Waals surface area contributed by atoms with Crippen LogP contribution in [0.25, 0.3) is 32.7 Å². The van der Waals surface area contributed by atoms with Gasteiger partial charge < -0.3 is 10.4 Å². The first-order valence-electron chi connectivity index (χ1n) is 10.3. The van der Waals surface area contributed by atoms with Crippen LogP contribution in [0.1, 0.15) is 16.1 Å². The molecular weight excluding hydrogens is 402 g/mol. The van der Waals surface area contributed by atoms with Crippen LogP contribution in [0.15, 0.2) is 84.9 Å². The zero-order valence-electron chi connectivity index (χ0n) is 17.0. The third-order valence-electron chi connectivity index (χ3n) is 5.49. The summed E-state index contributed by atoms with van der Waals surface area (Å²) >= 11 is 0. The lowest BCUT2D eigenvalue weighted by Gasteiger charge is -2.16. The van der Waals surface area contributed by atoms with Crippen LogP contribution in [0, 0.1) is 0 Å². The molecule has 2 aromatic heterocycles. The van der Waals surface area contributed by atoms with Crippen molar-refractivity contribution in [2.75, 3.05) is 0 Å². The van der Waals surface area contributed by atoms with E-state index in [-0.39, 0.29) is 6.42 Å². The molecule has 1 amide bonds. The first kappa shape index (κ1) is 19.6. The van der Waals surface area contributed by atoms with Gasteiger partial charge in [0.2, 0.25) is 0 Å². The number of nitrogens with one attached hydrogen (secondary N) is 1. The summed E-state index contributed by atoms with van der Waals surface area (Å²) < 4.78 is 0. The molecule has 1 atom stereocenters. The number of para-hydroxylation sites is 3. The normalized spacial score (nSPS) is 12.1. The fourth-order valence-corrected chi connectivity index (χ4v) is 3.95. The number of nitrogens with zero attached hydrogens (tertiary/aromatic N) is 2. The highest BCUT2D eigenvalue weighted by atomic mass is 16.4. The molecule has 5 rings (SSSR count). The number of aromatic nitrogens is 2. The molecule has 2 heterocycles. The molecule has 2 N–H and O–H groups in total. The molecule has 6 heteroatoms. The van der Waals surface area contributed by atoms with Crippen molar-refractivity contribution in [3.63, 3.8) is 0 Å². The molecule has 0 aliphatic rings. The van der Waals surface area contributed by atoms with Gasteiger partial charge in [0, 0.05) is 28.3 Å². The van der Waals surface area contributed by atoms with E-state index in [1.165, 1.54) is 0 Å². The fraction of sp³-hybridized carbons (Fsp3) is 0.0769. The highest BCUT2D eigenvalue weighted by Crippen LogP contribution is 2.26. The van der Waals surface area contributed by atoms with Crippen molar-refractivity contribution < 1.29 is 14.7 Å². The van der Waals surface area contributed by atoms with Gasteiger partial charge in [-0.15, -0.1) is 0 Å². The van der Waals surface area contributed by atoms with Crippen LogP contribution < -0.4 is 5.32 Å². The van der Waals surface area contributed by atoms with E-state index in [1.807, 2.05) is 78.9 Å². The minimum absolute atomic E-state index is 0.0762. The third-order valence-corrected chi connectivity index (χ3v) is 5.49. The quantitative estimate of drug-likeness (QED) is 0.411. The molecule has 5 aromatic rings. The smallest absolute Gasteiger partial charge is 0.326 e. The Kier molecular flexibility index (Phi) is 4.95. The van der Waals surface area contributed by atoms with E-state index < -0.39 is 17.9 Å². The predicted octanol–water partition coefficient (Wildman–Crippen LogP) is 4.36. The SMILES string of the molecule is O=C(N[C@H](Cc1ccc2ccccc2n1)C(=O)O)c1c2ccccc2nc2ccccc12. The van der Waals surface area contributed by atoms with Crippen molar-refractivity contribution in [2.45, 2.75) is 12.5 Å². The van der Waals surface area contributed by atoms with Gasteiger partial charge in [-0.05, 0) is 24.3 Å². The summed E-state index contributed by atoms with van der Waals surface area (Å²) in [6.07, 6.45) is 0.0762. The number of carboxylic acid groups (broad SMARTS) is 1. The van der Waals surface area contributed by atoms with E-state index >= 15 is 0 Å². The minimum atomic E-state index is -1.12. The second-order valence-corrected chi connectivity index (χ2v) is 7.58. The number of hydrogen-bond donors (Lipinski definition) is 2. The van der Waals surface area contributed by atoms with Crippen molar-refractivity contribution in [3.8, 4) is 0 Å². The first-order chi connectivity index (χ1) is 15.6. The Morgan fingerprint density at radius 3 is 2.00 bits per heavy atom. The Hall–Kier alpha value is -4.32. The summed E-state index contributed by atoms with van der Waals surface area (Å²) in [5.74, 6) is -1.57. The van der Waals surface area contributed by atoms with Gasteiger partial charge in [-0.3, -0.25) is 9.78 Å². The maximum Gasteiger partial charge on any atom is 0.326 e. The molecule has 3 aromatic carbocycles. The molecule has 0 bridgehead atoms. The number of pyridine rings is 2. The summed E-state index contributed by atoms with van der Waals surface area (Å²) in [5.41, 5.74) is 3.16. The number of fused-ring (bicyclic) bond motifs is 3. The molecule has 0 spiro atoms. The largest absolute Gasteiger partial charge is 0.480 e. The van der Waals surface area contributed by atoms with E-state index in [1.54, 1.807) is 6.07 Å². The number of aliphatic carboxylic acids is 1. The molecule has 0 saturated carbocycles. The number of carbonyl (C=O) groups excluding carboxylic acids is 1. The number of carboxylic acids is 1. The Balaban J connectivity index is 1.51. The Morgan fingerprint density at radius 1 is 0.750 bits per heavy atom. The lowest BCUT2D eigenvalue weighted by atomic mass is 10.0. The second-order valence-electron chi connectivity index (χ2n) is 7.58. The molecule has 32 heavy (non-hydrogen) atoms. The van der Waals surface area contributed by atoms with Crippen LogP contribution in [-0.4, -0.2) is 33.0 Å². The van der Waals surface area contributed by atoms with Crippen molar-refractivity contribution >= 4 is 44.6 Å². The van der Waals surface area contributed by atoms with Gasteiger partial charge in [0.15, 0.2) is 0 Å². The molecule has 0 unspecified atom stereocenters. The Labute approximate surface area is 183 Å². The Bertz CT molecular complexity index is 1440. The van der Waals surface area contributed by atoms with Gasteiger partial charge in [0.1, 0.15) is 6.04 Å². The van der Waals surface area contributed by atoms with Gasteiger partial charge in [-0.2, -0.15) is 0 Å². The monoisotopic (exact) mass is 421 g/mol. The first-order valence-corrected chi connectivity index (χ1v) is 10.3. The van der Waals surface area contributed by atoms with E-state index in [4.69, 9.17) is 0 Å². The van der Waals surface area contributed by atoms with Gasteiger partial charge in [-0.1, -0.05) is 60.7 Å². The topological polar surface area (TPSA) is 92.2 Å². The van der Waals surface area contributed by atoms with Crippen LogP contribution >= 0.6 is 0 Å². The molecule has 156 valence electrons. The van der Waals surface area contributed by atoms with Crippen LogP contribution in [-0.2, 0) is 11.2 Å². The van der Waals surface area contributed by atoms with Crippen LogP contribution in [0.2, 0.25) is 0 Å². The van der Waals surface area contributed by atoms with Gasteiger partial charge in [0.25, 0.3) is 5.91 Å². The van der Waals surface area contributed by atoms with Gasteiger partial charge >= 0.3 is 5.97 Å². The van der Waals surface area contributed by atoms with Crippen molar-refractivity contribution in [1.82, 2.24) is 15.3 Å². The number of carbonyl (C=O) groups is 2. The lowest BCUT2D eigenvalue weighted by Crippen LogP contribution is -2.42. The van der Waals surface area contributed by atoms with Crippen LogP contribution in [0.3, 0.4) is 0 Å². The maximum atomic E-state index is 13.4. The van der Waals surface area contributed by atoms with E-state index in [0.717, 1.165) is 10.9 Å². The molecule has 0 saturated heterocycles. The Morgan fingerprint density at radius 2 is 1.34 bits per heavy atom. The number of rotatable bonds is 5. The van der Waals surface area contributed by atoms with Crippen molar-refractivity contribution in [2.24, 2.45) is 0 Å². The summed E-state index contributed by atoms with van der Waals surface area (Å²) in [5, 5.41) is 14.9. The maximum absolute atomic E-state index is 13.4. The summed E-state index contributed by atoms with van der Waals surface area (Å²) in [6.45, 7) is 0. The van der Waals surface area contributed by atoms with Crippen molar-refractivity contribution in [3.05, 3.63) is 96.2 Å². The molecule has 0 aliphatic carbocycles. The molecule has 0 radical (unpaired) electrons. The molecule has 0 aliphatic heterocycles. The highest BCUT2D eigenvalue weighted by molar-refractivity contribution is 6.16. The van der Waals surface area contributed by atoms with Gasteiger partial charge in [0.05, 0.1) is 22.1 Å². The predicted molar refractivity (Wildman–Crippen MR) is 124 cm³/mol. The zero-order chi connectivity index (χ0) is 22.1. The highest BCUT2D eigenvalue weighted by Gasteiger charge is 2.24. The lowest BCUT2D eigenvalue weighted by molar-refractivity contribution is -0.139.